The van der Waals surface area contributed by atoms with E-state index in [1.54, 1.807) is 25.1 Å². The average Bonchev–Trinajstić information content (AvgIpc) is 2.61. The van der Waals surface area contributed by atoms with E-state index in [1.165, 1.54) is 0 Å². The Hall–Kier alpha value is -2.09. The van der Waals surface area contributed by atoms with Crippen LogP contribution < -0.4 is 14.8 Å². The zero-order valence-electron chi connectivity index (χ0n) is 13.1. The highest BCUT2D eigenvalue weighted by Crippen LogP contribution is 2.37. The molecule has 0 radical (unpaired) electrons. The van der Waals surface area contributed by atoms with Gasteiger partial charge in [-0.25, -0.2) is 0 Å². The van der Waals surface area contributed by atoms with Crippen LogP contribution in [0.2, 0.25) is 0 Å². The third-order valence-electron chi connectivity index (χ3n) is 3.64. The van der Waals surface area contributed by atoms with Crippen LogP contribution in [0.25, 0.3) is 0 Å². The highest BCUT2D eigenvalue weighted by molar-refractivity contribution is 14.1. The molecule has 24 heavy (non-hydrogen) atoms. The Morgan fingerprint density at radius 1 is 1.08 bits per heavy atom. The van der Waals surface area contributed by atoms with Crippen LogP contribution in [0.5, 0.6) is 11.5 Å². The van der Waals surface area contributed by atoms with Gasteiger partial charge in [0.05, 0.1) is 11.3 Å². The Morgan fingerprint density at radius 2 is 1.75 bits per heavy atom. The van der Waals surface area contributed by atoms with Crippen molar-refractivity contribution >= 4 is 40.0 Å². The Bertz CT molecular complexity index is 804. The van der Waals surface area contributed by atoms with Crippen molar-refractivity contribution in [2.24, 2.45) is 0 Å². The Kier molecular flexibility index (Phi) is 5.03. The molecule has 1 heterocycles. The number of carbonyl (C=O) groups excluding carboxylic acids is 2. The number of fused-ring (bicyclic) bond motifs is 1. The number of hydrogen-bond acceptors (Lipinski definition) is 4. The van der Waals surface area contributed by atoms with Crippen LogP contribution in [0.15, 0.2) is 36.4 Å². The van der Waals surface area contributed by atoms with Crippen molar-refractivity contribution in [2.75, 3.05) is 18.5 Å². The molecule has 0 bridgehead atoms. The van der Waals surface area contributed by atoms with Crippen molar-refractivity contribution in [2.45, 2.75) is 13.3 Å². The van der Waals surface area contributed by atoms with Gasteiger partial charge in [-0.3, -0.25) is 9.59 Å². The molecule has 1 aliphatic heterocycles. The number of ether oxygens (including phenoxy) is 2. The fourth-order valence-electron chi connectivity index (χ4n) is 2.41. The first-order valence-corrected chi connectivity index (χ1v) is 8.70. The highest BCUT2D eigenvalue weighted by atomic mass is 127. The first kappa shape index (κ1) is 16.8. The summed E-state index contributed by atoms with van der Waals surface area (Å²) in [5.74, 6) is 0.726. The Labute approximate surface area is 153 Å². The smallest absolute Gasteiger partial charge is 0.224 e. The van der Waals surface area contributed by atoms with Crippen LogP contribution in [0, 0.1) is 3.57 Å². The molecule has 2 aromatic carbocycles. The molecule has 3 rings (SSSR count). The van der Waals surface area contributed by atoms with Gasteiger partial charge in [0, 0.05) is 21.6 Å². The number of hydrogen-bond donors (Lipinski definition) is 1. The van der Waals surface area contributed by atoms with Crippen molar-refractivity contribution in [3.05, 3.63) is 51.1 Å². The van der Waals surface area contributed by atoms with E-state index in [-0.39, 0.29) is 11.7 Å². The Morgan fingerprint density at radius 3 is 2.42 bits per heavy atom. The second-order valence-corrected chi connectivity index (χ2v) is 6.41. The van der Waals surface area contributed by atoms with E-state index in [2.05, 4.69) is 27.9 Å². The van der Waals surface area contributed by atoms with Crippen molar-refractivity contribution in [3.63, 3.8) is 0 Å². The van der Waals surface area contributed by atoms with Gasteiger partial charge in [-0.1, -0.05) is 19.1 Å². The summed E-state index contributed by atoms with van der Waals surface area (Å²) in [6.45, 7) is 2.64. The van der Waals surface area contributed by atoms with Gasteiger partial charge in [-0.15, -0.1) is 0 Å². The van der Waals surface area contributed by atoms with Crippen molar-refractivity contribution in [3.8, 4) is 11.5 Å². The first-order valence-electron chi connectivity index (χ1n) is 7.63. The zero-order valence-corrected chi connectivity index (χ0v) is 15.3. The van der Waals surface area contributed by atoms with E-state index in [1.807, 2.05) is 18.2 Å². The summed E-state index contributed by atoms with van der Waals surface area (Å²) in [6.07, 6.45) is 0.324. The lowest BCUT2D eigenvalue weighted by Gasteiger charge is -2.21. The molecule has 1 N–H and O–H groups in total. The Balaban J connectivity index is 2.08. The van der Waals surface area contributed by atoms with Gasteiger partial charge in [0.25, 0.3) is 0 Å². The maximum absolute atomic E-state index is 13.0. The molecule has 5 nitrogen and oxygen atoms in total. The summed E-state index contributed by atoms with van der Waals surface area (Å²) in [5, 5.41) is 2.78. The van der Waals surface area contributed by atoms with E-state index in [4.69, 9.17) is 9.47 Å². The third kappa shape index (κ3) is 3.38. The van der Waals surface area contributed by atoms with E-state index < -0.39 is 0 Å². The molecule has 0 saturated carbocycles. The maximum Gasteiger partial charge on any atom is 0.224 e. The first-order chi connectivity index (χ1) is 11.6. The molecule has 0 fully saturated rings. The molecule has 1 aliphatic rings. The number of halogens is 1. The van der Waals surface area contributed by atoms with Gasteiger partial charge in [0.15, 0.2) is 17.3 Å². The van der Waals surface area contributed by atoms with Crippen LogP contribution in [0.3, 0.4) is 0 Å². The molecule has 0 aromatic heterocycles. The topological polar surface area (TPSA) is 64.6 Å². The molecular formula is C18H16INO4. The van der Waals surface area contributed by atoms with E-state index in [0.29, 0.717) is 47.9 Å². The van der Waals surface area contributed by atoms with E-state index in [0.717, 1.165) is 3.57 Å². The van der Waals surface area contributed by atoms with Crippen molar-refractivity contribution in [1.29, 1.82) is 0 Å². The molecule has 124 valence electrons. The van der Waals surface area contributed by atoms with Crippen molar-refractivity contribution in [1.82, 2.24) is 0 Å². The molecule has 2 aromatic rings. The molecule has 0 atom stereocenters. The summed E-state index contributed by atoms with van der Waals surface area (Å²) in [4.78, 5) is 24.8. The second kappa shape index (κ2) is 7.21. The molecule has 6 heteroatoms. The van der Waals surface area contributed by atoms with Crippen LogP contribution in [-0.2, 0) is 4.79 Å². The van der Waals surface area contributed by atoms with Crippen LogP contribution >= 0.6 is 22.6 Å². The predicted octanol–water partition coefficient (Wildman–Crippen LogP) is 3.64. The number of anilines is 1. The van der Waals surface area contributed by atoms with Crippen LogP contribution in [-0.4, -0.2) is 24.9 Å². The van der Waals surface area contributed by atoms with E-state index in [9.17, 15) is 9.59 Å². The molecule has 0 unspecified atom stereocenters. The molecule has 0 saturated heterocycles. The van der Waals surface area contributed by atoms with Gasteiger partial charge in [-0.2, -0.15) is 0 Å². The van der Waals surface area contributed by atoms with Crippen molar-refractivity contribution < 1.29 is 19.1 Å². The molecular weight excluding hydrogens is 421 g/mol. The largest absolute Gasteiger partial charge is 0.486 e. The number of benzene rings is 2. The number of carbonyl (C=O) groups is 2. The summed E-state index contributed by atoms with van der Waals surface area (Å²) in [5.41, 5.74) is 1.42. The summed E-state index contributed by atoms with van der Waals surface area (Å²) < 4.78 is 12.0. The lowest BCUT2D eigenvalue weighted by molar-refractivity contribution is -0.115. The maximum atomic E-state index is 13.0. The monoisotopic (exact) mass is 437 g/mol. The zero-order chi connectivity index (χ0) is 17.1. The quantitative estimate of drug-likeness (QED) is 0.586. The number of nitrogens with one attached hydrogen (secondary N) is 1. The minimum Gasteiger partial charge on any atom is -0.486 e. The SMILES string of the molecule is CCC(=O)Nc1cc2c(cc1C(=O)c1ccccc1I)OCCO2. The van der Waals surface area contributed by atoms with Gasteiger partial charge >= 0.3 is 0 Å². The van der Waals surface area contributed by atoms with Gasteiger partial charge < -0.3 is 14.8 Å². The predicted molar refractivity (Wildman–Crippen MR) is 98.9 cm³/mol. The molecule has 0 spiro atoms. The number of amides is 1. The normalized spacial score (nSPS) is 12.6. The summed E-state index contributed by atoms with van der Waals surface area (Å²) in [6, 6.07) is 10.6. The number of ketones is 1. The average molecular weight is 437 g/mol. The third-order valence-corrected chi connectivity index (χ3v) is 4.58. The standard InChI is InChI=1S/C18H16INO4/c1-2-17(21)20-14-10-16-15(23-7-8-24-16)9-12(14)18(22)11-5-3-4-6-13(11)19/h3-6,9-10H,2,7-8H2,1H3,(H,20,21). The highest BCUT2D eigenvalue weighted by Gasteiger charge is 2.22. The van der Waals surface area contributed by atoms with Gasteiger partial charge in [-0.05, 0) is 40.8 Å². The molecule has 1 amide bonds. The fourth-order valence-corrected chi connectivity index (χ4v) is 3.04. The van der Waals surface area contributed by atoms with Gasteiger partial charge in [0.1, 0.15) is 13.2 Å². The van der Waals surface area contributed by atoms with E-state index >= 15 is 0 Å². The van der Waals surface area contributed by atoms with Crippen LogP contribution in [0.1, 0.15) is 29.3 Å². The summed E-state index contributed by atoms with van der Waals surface area (Å²) >= 11 is 2.13. The molecule has 0 aliphatic carbocycles. The fraction of sp³-hybridized carbons (Fsp3) is 0.222. The lowest BCUT2D eigenvalue weighted by atomic mass is 10.0. The number of rotatable bonds is 4. The minimum atomic E-state index is -0.164. The summed E-state index contributed by atoms with van der Waals surface area (Å²) in [7, 11) is 0. The van der Waals surface area contributed by atoms with Gasteiger partial charge in [0.2, 0.25) is 5.91 Å². The second-order valence-electron chi connectivity index (χ2n) is 5.25. The van der Waals surface area contributed by atoms with Crippen LogP contribution in [0.4, 0.5) is 5.69 Å². The lowest BCUT2D eigenvalue weighted by Crippen LogP contribution is -2.19. The minimum absolute atomic E-state index is 0.163.